The highest BCUT2D eigenvalue weighted by atomic mass is 32.1. The van der Waals surface area contributed by atoms with Gasteiger partial charge in [-0.2, -0.15) is 0 Å². The summed E-state index contributed by atoms with van der Waals surface area (Å²) in [4.78, 5) is 4.58. The summed E-state index contributed by atoms with van der Waals surface area (Å²) in [5.41, 5.74) is 3.96. The summed E-state index contributed by atoms with van der Waals surface area (Å²) in [6.07, 6.45) is 2.55. The van der Waals surface area contributed by atoms with Crippen LogP contribution in [0.3, 0.4) is 0 Å². The number of aromatic nitrogens is 1. The number of nitrogens with one attached hydrogen (secondary N) is 1. The van der Waals surface area contributed by atoms with Crippen LogP contribution in [-0.4, -0.2) is 11.0 Å². The minimum Gasteiger partial charge on any atom is -0.382 e. The first kappa shape index (κ1) is 14.6. The van der Waals surface area contributed by atoms with Gasteiger partial charge in [0.25, 0.3) is 0 Å². The van der Waals surface area contributed by atoms with E-state index in [4.69, 9.17) is 0 Å². The van der Waals surface area contributed by atoms with Gasteiger partial charge in [0.05, 0.1) is 10.7 Å². The first-order valence-corrected chi connectivity index (χ1v) is 8.60. The quantitative estimate of drug-likeness (QED) is 0.826. The van der Waals surface area contributed by atoms with Crippen molar-refractivity contribution in [3.05, 3.63) is 34.7 Å². The molecule has 1 saturated carbocycles. The van der Waals surface area contributed by atoms with Crippen molar-refractivity contribution in [1.82, 2.24) is 4.98 Å². The Kier molecular flexibility index (Phi) is 3.78. The lowest BCUT2D eigenvalue weighted by Gasteiger charge is -2.20. The lowest BCUT2D eigenvalue weighted by molar-refractivity contribution is 0.366. The Balaban J connectivity index is 1.78. The van der Waals surface area contributed by atoms with Gasteiger partial charge in [-0.1, -0.05) is 32.9 Å². The number of rotatable bonds is 3. The molecule has 0 radical (unpaired) electrons. The Labute approximate surface area is 131 Å². The van der Waals surface area contributed by atoms with Crippen LogP contribution in [0.2, 0.25) is 0 Å². The number of anilines is 1. The van der Waals surface area contributed by atoms with Gasteiger partial charge in [-0.3, -0.25) is 0 Å². The van der Waals surface area contributed by atoms with E-state index in [1.807, 2.05) is 0 Å². The molecule has 1 aromatic carbocycles. The van der Waals surface area contributed by atoms with Crippen LogP contribution in [0.1, 0.15) is 38.6 Å². The van der Waals surface area contributed by atoms with Crippen molar-refractivity contribution < 1.29 is 0 Å². The summed E-state index contributed by atoms with van der Waals surface area (Å²) in [6.45, 7) is 9.16. The minimum atomic E-state index is 0.459. The van der Waals surface area contributed by atoms with Gasteiger partial charge in [0.1, 0.15) is 0 Å². The standard InChI is InChI=1S/C18H24N2S/c1-12-9-18(3,4)10-16(12)20-15-7-5-6-14(8-15)17-11-21-13(2)19-17/h5-8,11-12,16,20H,9-10H2,1-4H3. The number of hydrogen-bond donors (Lipinski definition) is 1. The molecule has 0 spiro atoms. The zero-order chi connectivity index (χ0) is 15.0. The van der Waals surface area contributed by atoms with E-state index < -0.39 is 0 Å². The second kappa shape index (κ2) is 5.45. The predicted molar refractivity (Wildman–Crippen MR) is 91.9 cm³/mol. The fourth-order valence-corrected chi connectivity index (χ4v) is 4.19. The highest BCUT2D eigenvalue weighted by Crippen LogP contribution is 2.42. The van der Waals surface area contributed by atoms with Crippen molar-refractivity contribution in [2.75, 3.05) is 5.32 Å². The Morgan fingerprint density at radius 1 is 1.29 bits per heavy atom. The number of hydrogen-bond acceptors (Lipinski definition) is 3. The minimum absolute atomic E-state index is 0.459. The summed E-state index contributed by atoms with van der Waals surface area (Å²) in [5.74, 6) is 0.727. The fraction of sp³-hybridized carbons (Fsp3) is 0.500. The van der Waals surface area contributed by atoms with E-state index in [-0.39, 0.29) is 0 Å². The average Bonchev–Trinajstić information content (AvgIpc) is 2.94. The van der Waals surface area contributed by atoms with E-state index in [0.29, 0.717) is 11.5 Å². The van der Waals surface area contributed by atoms with Gasteiger partial charge in [-0.15, -0.1) is 11.3 Å². The maximum Gasteiger partial charge on any atom is 0.0901 e. The molecule has 1 fully saturated rings. The summed E-state index contributed by atoms with van der Waals surface area (Å²) in [6, 6.07) is 9.24. The number of aryl methyl sites for hydroxylation is 1. The van der Waals surface area contributed by atoms with Crippen molar-refractivity contribution in [2.45, 2.75) is 46.6 Å². The van der Waals surface area contributed by atoms with Crippen molar-refractivity contribution in [2.24, 2.45) is 11.3 Å². The zero-order valence-electron chi connectivity index (χ0n) is 13.3. The Hall–Kier alpha value is -1.35. The smallest absolute Gasteiger partial charge is 0.0901 e. The topological polar surface area (TPSA) is 24.9 Å². The fourth-order valence-electron chi connectivity index (χ4n) is 3.57. The van der Waals surface area contributed by atoms with E-state index >= 15 is 0 Å². The van der Waals surface area contributed by atoms with Gasteiger partial charge < -0.3 is 5.32 Å². The molecule has 1 aliphatic rings. The molecular weight excluding hydrogens is 276 g/mol. The summed E-state index contributed by atoms with van der Waals surface area (Å²) in [7, 11) is 0. The van der Waals surface area contributed by atoms with Crippen LogP contribution in [0.25, 0.3) is 11.3 Å². The maximum atomic E-state index is 4.58. The highest BCUT2D eigenvalue weighted by Gasteiger charge is 2.36. The Morgan fingerprint density at radius 3 is 2.71 bits per heavy atom. The van der Waals surface area contributed by atoms with E-state index in [1.165, 1.54) is 24.1 Å². The van der Waals surface area contributed by atoms with Crippen molar-refractivity contribution in [3.63, 3.8) is 0 Å². The van der Waals surface area contributed by atoms with Crippen molar-refractivity contribution >= 4 is 17.0 Å². The van der Waals surface area contributed by atoms with E-state index in [1.54, 1.807) is 11.3 Å². The second-order valence-corrected chi connectivity index (χ2v) is 8.20. The maximum absolute atomic E-state index is 4.58. The highest BCUT2D eigenvalue weighted by molar-refractivity contribution is 7.09. The van der Waals surface area contributed by atoms with Crippen LogP contribution < -0.4 is 5.32 Å². The number of thiazole rings is 1. The molecule has 3 rings (SSSR count). The zero-order valence-corrected chi connectivity index (χ0v) is 14.1. The molecule has 1 heterocycles. The monoisotopic (exact) mass is 300 g/mol. The van der Waals surface area contributed by atoms with Crippen LogP contribution in [0.5, 0.6) is 0 Å². The summed E-state index contributed by atoms with van der Waals surface area (Å²) in [5, 5.41) is 6.99. The van der Waals surface area contributed by atoms with Gasteiger partial charge >= 0.3 is 0 Å². The summed E-state index contributed by atoms with van der Waals surface area (Å²) < 4.78 is 0. The SMILES string of the molecule is Cc1nc(-c2cccc(NC3CC(C)(C)CC3C)c2)cs1. The third-order valence-corrected chi connectivity index (χ3v) is 5.24. The number of benzene rings is 1. The van der Waals surface area contributed by atoms with Crippen LogP contribution in [0.4, 0.5) is 5.69 Å². The second-order valence-electron chi connectivity index (χ2n) is 7.13. The van der Waals surface area contributed by atoms with Gasteiger partial charge in [-0.05, 0) is 43.2 Å². The molecule has 2 atom stereocenters. The van der Waals surface area contributed by atoms with Gasteiger partial charge in [0.15, 0.2) is 0 Å². The average molecular weight is 300 g/mol. The van der Waals surface area contributed by atoms with Gasteiger partial charge in [-0.25, -0.2) is 4.98 Å². The van der Waals surface area contributed by atoms with Gasteiger partial charge in [0.2, 0.25) is 0 Å². The van der Waals surface area contributed by atoms with E-state index in [0.717, 1.165) is 16.6 Å². The molecular formula is C18H24N2S. The third kappa shape index (κ3) is 3.29. The molecule has 0 aliphatic heterocycles. The molecule has 2 unspecified atom stereocenters. The molecule has 112 valence electrons. The molecule has 2 aromatic rings. The predicted octanol–water partition coefficient (Wildman–Crippen LogP) is 5.36. The molecule has 3 heteroatoms. The van der Waals surface area contributed by atoms with Crippen LogP contribution in [-0.2, 0) is 0 Å². The molecule has 1 N–H and O–H groups in total. The van der Waals surface area contributed by atoms with Gasteiger partial charge in [0, 0.05) is 22.7 Å². The lowest BCUT2D eigenvalue weighted by atomic mass is 9.91. The van der Waals surface area contributed by atoms with Crippen LogP contribution >= 0.6 is 11.3 Å². The van der Waals surface area contributed by atoms with Crippen LogP contribution in [0, 0.1) is 18.3 Å². The molecule has 0 bridgehead atoms. The van der Waals surface area contributed by atoms with E-state index in [2.05, 4.69) is 67.6 Å². The van der Waals surface area contributed by atoms with E-state index in [9.17, 15) is 0 Å². The lowest BCUT2D eigenvalue weighted by Crippen LogP contribution is -2.22. The van der Waals surface area contributed by atoms with Crippen molar-refractivity contribution in [3.8, 4) is 11.3 Å². The molecule has 2 nitrogen and oxygen atoms in total. The molecule has 21 heavy (non-hydrogen) atoms. The Morgan fingerprint density at radius 2 is 2.10 bits per heavy atom. The summed E-state index contributed by atoms with van der Waals surface area (Å²) >= 11 is 1.71. The molecule has 1 aromatic heterocycles. The largest absolute Gasteiger partial charge is 0.382 e. The Bertz CT molecular complexity index is 630. The normalized spacial score (nSPS) is 24.2. The molecule has 1 aliphatic carbocycles. The van der Waals surface area contributed by atoms with Crippen molar-refractivity contribution in [1.29, 1.82) is 0 Å². The molecule has 0 amide bonds. The van der Waals surface area contributed by atoms with Crippen LogP contribution in [0.15, 0.2) is 29.6 Å². The number of nitrogens with zero attached hydrogens (tertiary/aromatic N) is 1. The molecule has 0 saturated heterocycles. The first-order valence-electron chi connectivity index (χ1n) is 7.72. The first-order chi connectivity index (χ1) is 9.93. The third-order valence-electron chi connectivity index (χ3n) is 4.46.